The van der Waals surface area contributed by atoms with Crippen molar-refractivity contribution in [1.29, 1.82) is 0 Å². The van der Waals surface area contributed by atoms with E-state index in [0.717, 1.165) is 0 Å². The van der Waals surface area contributed by atoms with E-state index in [0.29, 0.717) is 5.25 Å². The number of hydrogen-bond acceptors (Lipinski definition) is 1. The Morgan fingerprint density at radius 3 is 2.08 bits per heavy atom. The number of rotatable bonds is 2. The van der Waals surface area contributed by atoms with Crippen molar-refractivity contribution in [3.63, 3.8) is 0 Å². The summed E-state index contributed by atoms with van der Waals surface area (Å²) in [7, 11) is 0. The van der Waals surface area contributed by atoms with Crippen LogP contribution in [0.3, 0.4) is 0 Å². The van der Waals surface area contributed by atoms with Gasteiger partial charge in [0.15, 0.2) is 0 Å². The summed E-state index contributed by atoms with van der Waals surface area (Å²) >= 11 is 1.93. The molecule has 0 aromatic heterocycles. The van der Waals surface area contributed by atoms with Crippen molar-refractivity contribution in [1.82, 2.24) is 0 Å². The molecule has 0 N–H and O–H groups in total. The van der Waals surface area contributed by atoms with Gasteiger partial charge >= 0.3 is 0 Å². The first-order valence-corrected chi connectivity index (χ1v) is 5.80. The molecule has 0 spiro atoms. The van der Waals surface area contributed by atoms with Crippen molar-refractivity contribution < 1.29 is 0 Å². The van der Waals surface area contributed by atoms with Crippen molar-refractivity contribution in [2.24, 2.45) is 0 Å². The van der Waals surface area contributed by atoms with Crippen molar-refractivity contribution >= 4 is 11.8 Å². The third-order valence-electron chi connectivity index (χ3n) is 1.46. The van der Waals surface area contributed by atoms with E-state index in [1.165, 1.54) is 10.5 Å². The zero-order valence-corrected chi connectivity index (χ0v) is 10.1. The van der Waals surface area contributed by atoms with E-state index in [4.69, 9.17) is 0 Å². The van der Waals surface area contributed by atoms with Crippen LogP contribution in [0.4, 0.5) is 0 Å². The maximum atomic E-state index is 2.22. The topological polar surface area (TPSA) is 0 Å². The lowest BCUT2D eigenvalue weighted by atomic mass is 10.2. The summed E-state index contributed by atoms with van der Waals surface area (Å²) in [5.41, 5.74) is 1.38. The van der Waals surface area contributed by atoms with Gasteiger partial charge in [-0.3, -0.25) is 0 Å². The van der Waals surface area contributed by atoms with Gasteiger partial charge in [-0.1, -0.05) is 45.9 Å². The van der Waals surface area contributed by atoms with Crippen LogP contribution in [0.15, 0.2) is 29.2 Å². The molecule has 0 bridgehead atoms. The fraction of sp³-hybridized carbons (Fsp3) is 0.500. The first-order chi connectivity index (χ1) is 6.20. The second kappa shape index (κ2) is 7.02. The first kappa shape index (κ1) is 12.6. The lowest BCUT2D eigenvalue weighted by Gasteiger charge is -2.06. The second-order valence-electron chi connectivity index (χ2n) is 2.93. The van der Waals surface area contributed by atoms with E-state index in [9.17, 15) is 0 Å². The zero-order chi connectivity index (χ0) is 10.3. The van der Waals surface area contributed by atoms with Gasteiger partial charge in [0, 0.05) is 10.1 Å². The molecule has 0 saturated heterocycles. The largest absolute Gasteiger partial charge is 0.123 e. The quantitative estimate of drug-likeness (QED) is 0.627. The van der Waals surface area contributed by atoms with E-state index >= 15 is 0 Å². The minimum atomic E-state index is 0.677. The lowest BCUT2D eigenvalue weighted by Crippen LogP contribution is -1.87. The van der Waals surface area contributed by atoms with Gasteiger partial charge in [-0.05, 0) is 18.6 Å². The van der Waals surface area contributed by atoms with E-state index in [1.807, 2.05) is 25.6 Å². The molecule has 13 heavy (non-hydrogen) atoms. The van der Waals surface area contributed by atoms with Crippen LogP contribution in [0.1, 0.15) is 33.3 Å². The smallest absolute Gasteiger partial charge is 0.0104 e. The average molecular weight is 196 g/mol. The van der Waals surface area contributed by atoms with Crippen molar-refractivity contribution in [2.75, 3.05) is 0 Å². The highest BCUT2D eigenvalue weighted by molar-refractivity contribution is 8.00. The minimum absolute atomic E-state index is 0.677. The Morgan fingerprint density at radius 2 is 1.62 bits per heavy atom. The maximum absolute atomic E-state index is 2.22. The number of thioether (sulfide) groups is 1. The first-order valence-electron chi connectivity index (χ1n) is 4.92. The van der Waals surface area contributed by atoms with E-state index in [2.05, 4.69) is 45.0 Å². The van der Waals surface area contributed by atoms with Gasteiger partial charge in [-0.2, -0.15) is 0 Å². The highest BCUT2D eigenvalue weighted by Crippen LogP contribution is 2.25. The molecular weight excluding hydrogens is 176 g/mol. The molecule has 74 valence electrons. The van der Waals surface area contributed by atoms with Gasteiger partial charge in [-0.25, -0.2) is 0 Å². The molecule has 1 heteroatoms. The Hall–Kier alpha value is -0.430. The monoisotopic (exact) mass is 196 g/mol. The molecule has 0 aliphatic carbocycles. The summed E-state index contributed by atoms with van der Waals surface area (Å²) in [6, 6.07) is 8.52. The molecule has 0 fully saturated rings. The number of benzene rings is 1. The van der Waals surface area contributed by atoms with Crippen LogP contribution in [0, 0.1) is 6.92 Å². The Kier molecular flexibility index (Phi) is 6.79. The molecule has 1 rings (SSSR count). The van der Waals surface area contributed by atoms with Crippen molar-refractivity contribution in [3.05, 3.63) is 29.8 Å². The summed E-state index contributed by atoms with van der Waals surface area (Å²) in [4.78, 5) is 1.41. The van der Waals surface area contributed by atoms with Crippen LogP contribution >= 0.6 is 11.8 Å². The van der Waals surface area contributed by atoms with Gasteiger partial charge < -0.3 is 0 Å². The van der Waals surface area contributed by atoms with Crippen molar-refractivity contribution in [3.8, 4) is 0 Å². The third kappa shape index (κ3) is 4.99. The van der Waals surface area contributed by atoms with E-state index in [1.54, 1.807) is 0 Å². The highest BCUT2D eigenvalue weighted by atomic mass is 32.2. The third-order valence-corrected chi connectivity index (χ3v) is 2.64. The summed E-state index contributed by atoms with van der Waals surface area (Å²) < 4.78 is 0. The van der Waals surface area contributed by atoms with E-state index < -0.39 is 0 Å². The van der Waals surface area contributed by atoms with Gasteiger partial charge in [0.25, 0.3) is 0 Å². The predicted molar refractivity (Wildman–Crippen MR) is 63.5 cm³/mol. The number of hydrogen-bond donors (Lipinski definition) is 0. The molecule has 0 aliphatic rings. The summed E-state index contributed by atoms with van der Waals surface area (Å²) in [6.45, 7) is 10.6. The maximum Gasteiger partial charge on any atom is 0.0104 e. The summed E-state index contributed by atoms with van der Waals surface area (Å²) in [5.74, 6) is 0. The Morgan fingerprint density at radius 1 is 1.08 bits per heavy atom. The van der Waals surface area contributed by atoms with Crippen LogP contribution in [-0.2, 0) is 0 Å². The molecule has 0 unspecified atom stereocenters. The Labute approximate surface area is 86.7 Å². The molecule has 0 heterocycles. The Balaban J connectivity index is 0.000000671. The normalized spacial score (nSPS) is 9.38. The lowest BCUT2D eigenvalue weighted by molar-refractivity contribution is 1.10. The molecule has 0 radical (unpaired) electrons. The van der Waals surface area contributed by atoms with Gasteiger partial charge in [-0.15, -0.1) is 11.8 Å². The molecule has 0 aliphatic heterocycles. The molecule has 0 amide bonds. The van der Waals surface area contributed by atoms with E-state index in [-0.39, 0.29) is 0 Å². The van der Waals surface area contributed by atoms with Crippen LogP contribution in [0.2, 0.25) is 0 Å². The Bertz CT molecular complexity index is 228. The van der Waals surface area contributed by atoms with Crippen LogP contribution in [0.5, 0.6) is 0 Å². The molecule has 1 aromatic rings. The van der Waals surface area contributed by atoms with Gasteiger partial charge in [0.1, 0.15) is 0 Å². The van der Waals surface area contributed by atoms with Crippen molar-refractivity contribution in [2.45, 2.75) is 44.8 Å². The fourth-order valence-corrected chi connectivity index (χ4v) is 1.86. The fourth-order valence-electron chi connectivity index (χ4n) is 0.943. The van der Waals surface area contributed by atoms with Gasteiger partial charge in [0.05, 0.1) is 0 Å². The van der Waals surface area contributed by atoms with Crippen LogP contribution in [-0.4, -0.2) is 5.25 Å². The van der Waals surface area contributed by atoms with Crippen LogP contribution in [0.25, 0.3) is 0 Å². The predicted octanol–water partition coefficient (Wildman–Crippen LogP) is 4.52. The SMILES string of the molecule is CC.Cc1ccccc1SC(C)C. The standard InChI is InChI=1S/C10H14S.C2H6/c1-8(2)11-10-7-5-4-6-9(10)3;1-2/h4-8H,1-3H3;1-2H3. The summed E-state index contributed by atoms with van der Waals surface area (Å²) in [5, 5.41) is 0.677. The number of aryl methyl sites for hydroxylation is 1. The molecule has 0 atom stereocenters. The van der Waals surface area contributed by atoms with Crippen LogP contribution < -0.4 is 0 Å². The molecule has 0 nitrogen and oxygen atoms in total. The minimum Gasteiger partial charge on any atom is -0.123 e. The second-order valence-corrected chi connectivity index (χ2v) is 4.55. The zero-order valence-electron chi connectivity index (χ0n) is 9.29. The average Bonchev–Trinajstić information content (AvgIpc) is 2.12. The highest BCUT2D eigenvalue weighted by Gasteiger charge is 1.99. The molecule has 1 aromatic carbocycles. The van der Waals surface area contributed by atoms with Gasteiger partial charge in [0.2, 0.25) is 0 Å². The summed E-state index contributed by atoms with van der Waals surface area (Å²) in [6.07, 6.45) is 0. The molecular formula is C12H20S. The molecule has 0 saturated carbocycles.